The molecule has 0 aliphatic rings. The summed E-state index contributed by atoms with van der Waals surface area (Å²) in [6, 6.07) is 8.61. The highest BCUT2D eigenvalue weighted by atomic mass is 14.7. The van der Waals surface area contributed by atoms with Crippen LogP contribution >= 0.6 is 0 Å². The molecule has 0 unspecified atom stereocenters. The first-order chi connectivity index (χ1) is 5.81. The van der Waals surface area contributed by atoms with Crippen molar-refractivity contribution >= 4 is 10.9 Å². The molecule has 0 amide bonds. The summed E-state index contributed by atoms with van der Waals surface area (Å²) in [5.74, 6) is 0. The second kappa shape index (κ2) is 2.67. The molecule has 0 radical (unpaired) electrons. The van der Waals surface area contributed by atoms with Gasteiger partial charge in [-0.3, -0.25) is 0 Å². The number of aromatic nitrogens is 1. The van der Waals surface area contributed by atoms with Crippen LogP contribution in [0.3, 0.4) is 0 Å². The lowest BCUT2D eigenvalue weighted by Gasteiger charge is -1.92. The summed E-state index contributed by atoms with van der Waals surface area (Å²) >= 11 is 0. The Kier molecular flexibility index (Phi) is 1.65. The van der Waals surface area contributed by atoms with Gasteiger partial charge >= 0.3 is 0 Å². The summed E-state index contributed by atoms with van der Waals surface area (Å²) in [7, 11) is 0. The second-order valence-electron chi connectivity index (χ2n) is 3.18. The molecule has 0 aliphatic heterocycles. The first-order valence-corrected chi connectivity index (χ1v) is 4.38. The minimum Gasteiger partial charge on any atom is -0.358 e. The molecule has 1 nitrogen and oxygen atoms in total. The Morgan fingerprint density at radius 1 is 1.33 bits per heavy atom. The quantitative estimate of drug-likeness (QED) is 0.658. The Morgan fingerprint density at radius 2 is 2.17 bits per heavy atom. The molecule has 1 heteroatoms. The van der Waals surface area contributed by atoms with Crippen LogP contribution in [-0.2, 0) is 6.42 Å². The maximum absolute atomic E-state index is 3.39. The normalized spacial score (nSPS) is 10.8. The summed E-state index contributed by atoms with van der Waals surface area (Å²) in [5.41, 5.74) is 3.93. The lowest BCUT2D eigenvalue weighted by molar-refractivity contribution is 1.07. The Bertz CT molecular complexity index is 398. The van der Waals surface area contributed by atoms with Gasteiger partial charge in [0, 0.05) is 16.6 Å². The lowest BCUT2D eigenvalue weighted by Crippen LogP contribution is -1.74. The van der Waals surface area contributed by atoms with Crippen molar-refractivity contribution in [3.8, 4) is 0 Å². The van der Waals surface area contributed by atoms with Crippen LogP contribution in [0.25, 0.3) is 10.9 Å². The average Bonchev–Trinajstić information content (AvgIpc) is 2.49. The first kappa shape index (κ1) is 7.41. The minimum atomic E-state index is 1.08. The summed E-state index contributed by atoms with van der Waals surface area (Å²) in [5, 5.41) is 1.36. The highest BCUT2D eigenvalue weighted by Gasteiger charge is 1.99. The third-order valence-electron chi connectivity index (χ3n) is 2.32. The maximum atomic E-state index is 3.39. The van der Waals surface area contributed by atoms with Gasteiger partial charge in [0.15, 0.2) is 0 Å². The van der Waals surface area contributed by atoms with Crippen LogP contribution in [0.5, 0.6) is 0 Å². The predicted molar refractivity (Wildman–Crippen MR) is 52.4 cm³/mol. The topological polar surface area (TPSA) is 15.8 Å². The van der Waals surface area contributed by atoms with Crippen molar-refractivity contribution in [3.63, 3.8) is 0 Å². The zero-order valence-electron chi connectivity index (χ0n) is 7.52. The molecule has 1 aromatic carbocycles. The number of hydrogen-bond acceptors (Lipinski definition) is 0. The molecule has 0 saturated heterocycles. The maximum Gasteiger partial charge on any atom is 0.0458 e. The van der Waals surface area contributed by atoms with Crippen molar-refractivity contribution in [2.24, 2.45) is 0 Å². The predicted octanol–water partition coefficient (Wildman–Crippen LogP) is 3.04. The molecule has 0 fully saturated rings. The van der Waals surface area contributed by atoms with Gasteiger partial charge in [0.25, 0.3) is 0 Å². The molecule has 1 heterocycles. The van der Waals surface area contributed by atoms with Crippen molar-refractivity contribution in [3.05, 3.63) is 35.5 Å². The third kappa shape index (κ3) is 1.02. The van der Waals surface area contributed by atoms with Gasteiger partial charge in [-0.15, -0.1) is 0 Å². The van der Waals surface area contributed by atoms with E-state index in [4.69, 9.17) is 0 Å². The van der Waals surface area contributed by atoms with Gasteiger partial charge in [0.05, 0.1) is 0 Å². The number of benzene rings is 1. The van der Waals surface area contributed by atoms with E-state index in [2.05, 4.69) is 43.1 Å². The van der Waals surface area contributed by atoms with E-state index in [0.717, 1.165) is 6.42 Å². The molecular formula is C11H13N. The smallest absolute Gasteiger partial charge is 0.0458 e. The molecule has 0 saturated carbocycles. The van der Waals surface area contributed by atoms with Gasteiger partial charge in [-0.05, 0) is 31.0 Å². The van der Waals surface area contributed by atoms with E-state index >= 15 is 0 Å². The molecule has 62 valence electrons. The molecule has 0 spiro atoms. The molecule has 12 heavy (non-hydrogen) atoms. The van der Waals surface area contributed by atoms with Gasteiger partial charge in [-0.25, -0.2) is 0 Å². The fraction of sp³-hybridized carbons (Fsp3) is 0.273. The lowest BCUT2D eigenvalue weighted by atomic mass is 10.1. The van der Waals surface area contributed by atoms with Gasteiger partial charge in [-0.1, -0.05) is 19.1 Å². The van der Waals surface area contributed by atoms with Crippen LogP contribution < -0.4 is 0 Å². The van der Waals surface area contributed by atoms with E-state index in [-0.39, 0.29) is 0 Å². The number of fused-ring (bicyclic) bond motifs is 1. The number of nitrogens with one attached hydrogen (secondary N) is 1. The molecule has 1 aromatic heterocycles. The van der Waals surface area contributed by atoms with Crippen molar-refractivity contribution < 1.29 is 0 Å². The van der Waals surface area contributed by atoms with Gasteiger partial charge in [0.1, 0.15) is 0 Å². The molecule has 0 bridgehead atoms. The Hall–Kier alpha value is -1.24. The van der Waals surface area contributed by atoms with Gasteiger partial charge in [-0.2, -0.15) is 0 Å². The van der Waals surface area contributed by atoms with Gasteiger partial charge in [0.2, 0.25) is 0 Å². The first-order valence-electron chi connectivity index (χ1n) is 4.38. The number of hydrogen-bond donors (Lipinski definition) is 1. The fourth-order valence-electron chi connectivity index (χ4n) is 1.55. The van der Waals surface area contributed by atoms with Crippen LogP contribution in [0.4, 0.5) is 0 Å². The van der Waals surface area contributed by atoms with Crippen LogP contribution in [0.2, 0.25) is 0 Å². The number of H-pyrrole nitrogens is 1. The average molecular weight is 159 g/mol. The minimum absolute atomic E-state index is 1.08. The molecular weight excluding hydrogens is 146 g/mol. The monoisotopic (exact) mass is 159 g/mol. The van der Waals surface area contributed by atoms with Crippen molar-refractivity contribution in [1.82, 2.24) is 4.98 Å². The number of rotatable bonds is 1. The van der Waals surface area contributed by atoms with E-state index < -0.39 is 0 Å². The molecule has 0 aliphatic carbocycles. The number of aromatic amines is 1. The molecule has 1 N–H and O–H groups in total. The van der Waals surface area contributed by atoms with Crippen molar-refractivity contribution in [2.75, 3.05) is 0 Å². The van der Waals surface area contributed by atoms with Crippen LogP contribution in [0.15, 0.2) is 24.3 Å². The zero-order valence-corrected chi connectivity index (χ0v) is 7.52. The van der Waals surface area contributed by atoms with Crippen LogP contribution in [0.1, 0.15) is 18.2 Å². The highest BCUT2D eigenvalue weighted by Crippen LogP contribution is 2.18. The largest absolute Gasteiger partial charge is 0.358 e. The Labute approximate surface area is 72.4 Å². The third-order valence-corrected chi connectivity index (χ3v) is 2.32. The van der Waals surface area contributed by atoms with Crippen LogP contribution in [-0.4, -0.2) is 4.98 Å². The molecule has 2 aromatic rings. The summed E-state index contributed by atoms with van der Waals surface area (Å²) in [6.07, 6.45) is 1.08. The molecule has 2 rings (SSSR count). The van der Waals surface area contributed by atoms with E-state index in [9.17, 15) is 0 Å². The summed E-state index contributed by atoms with van der Waals surface area (Å²) in [4.78, 5) is 3.39. The SMILES string of the molecule is CCc1cc2c(C)cccc2[nH]1. The van der Waals surface area contributed by atoms with E-state index in [1.807, 2.05) is 0 Å². The second-order valence-corrected chi connectivity index (χ2v) is 3.18. The van der Waals surface area contributed by atoms with Gasteiger partial charge < -0.3 is 4.98 Å². The van der Waals surface area contributed by atoms with Crippen molar-refractivity contribution in [1.29, 1.82) is 0 Å². The zero-order chi connectivity index (χ0) is 8.55. The van der Waals surface area contributed by atoms with Crippen LogP contribution in [0, 0.1) is 6.92 Å². The summed E-state index contributed by atoms with van der Waals surface area (Å²) in [6.45, 7) is 4.32. The van der Waals surface area contributed by atoms with Crippen molar-refractivity contribution in [2.45, 2.75) is 20.3 Å². The Morgan fingerprint density at radius 3 is 2.83 bits per heavy atom. The standard InChI is InChI=1S/C11H13N/c1-3-9-7-10-8(2)5-4-6-11(10)12-9/h4-7,12H,3H2,1-2H3. The summed E-state index contributed by atoms with van der Waals surface area (Å²) < 4.78 is 0. The molecule has 0 atom stereocenters. The fourth-order valence-corrected chi connectivity index (χ4v) is 1.55. The van der Waals surface area contributed by atoms with E-state index in [1.54, 1.807) is 0 Å². The van der Waals surface area contributed by atoms with E-state index in [1.165, 1.54) is 22.2 Å². The van der Waals surface area contributed by atoms with E-state index in [0.29, 0.717) is 0 Å². The Balaban J connectivity index is 2.74. The highest BCUT2D eigenvalue weighted by molar-refractivity contribution is 5.83. The number of aryl methyl sites for hydroxylation is 2.